The number of primary amides is 1. The zero-order valence-electron chi connectivity index (χ0n) is 10.2. The molecule has 1 heterocycles. The van der Waals surface area contributed by atoms with Gasteiger partial charge >= 0.3 is 6.03 Å². The second-order valence-corrected chi connectivity index (χ2v) is 5.09. The maximum absolute atomic E-state index is 11.8. The van der Waals surface area contributed by atoms with Crippen LogP contribution in [0.15, 0.2) is 0 Å². The van der Waals surface area contributed by atoms with Crippen LogP contribution < -0.4 is 11.1 Å². The van der Waals surface area contributed by atoms with Crippen LogP contribution in [0.3, 0.4) is 0 Å². The Morgan fingerprint density at radius 2 is 1.81 bits per heavy atom. The van der Waals surface area contributed by atoms with Crippen molar-refractivity contribution in [2.75, 3.05) is 13.1 Å². The predicted molar refractivity (Wildman–Crippen MR) is 61.8 cm³/mol. The number of nitrogens with one attached hydrogen (secondary N) is 1. The Labute approximate surface area is 96.4 Å². The second kappa shape index (κ2) is 4.72. The first-order chi connectivity index (χ1) is 7.33. The number of hydrogen-bond acceptors (Lipinski definition) is 2. The van der Waals surface area contributed by atoms with Gasteiger partial charge in [-0.25, -0.2) is 4.79 Å². The minimum absolute atomic E-state index is 0.198. The summed E-state index contributed by atoms with van der Waals surface area (Å²) in [5.41, 5.74) is 4.21. The number of piperidine rings is 1. The van der Waals surface area contributed by atoms with E-state index in [1.807, 2.05) is 0 Å². The van der Waals surface area contributed by atoms with E-state index in [1.54, 1.807) is 18.7 Å². The Morgan fingerprint density at radius 1 is 1.31 bits per heavy atom. The highest BCUT2D eigenvalue weighted by molar-refractivity contribution is 5.89. The van der Waals surface area contributed by atoms with Gasteiger partial charge in [0.15, 0.2) is 0 Å². The van der Waals surface area contributed by atoms with E-state index < -0.39 is 11.4 Å². The van der Waals surface area contributed by atoms with E-state index in [4.69, 9.17) is 5.73 Å². The highest BCUT2D eigenvalue weighted by Crippen LogP contribution is 2.16. The van der Waals surface area contributed by atoms with Crippen molar-refractivity contribution >= 4 is 11.9 Å². The second-order valence-electron chi connectivity index (χ2n) is 5.09. The maximum Gasteiger partial charge on any atom is 0.318 e. The molecule has 0 aliphatic carbocycles. The SMILES string of the molecule is CC1CCN(C(=O)NC(C)(C)C(N)=O)CC1. The van der Waals surface area contributed by atoms with Gasteiger partial charge in [-0.1, -0.05) is 6.92 Å². The molecule has 0 aromatic carbocycles. The summed E-state index contributed by atoms with van der Waals surface area (Å²) in [5, 5.41) is 2.65. The van der Waals surface area contributed by atoms with E-state index in [2.05, 4.69) is 12.2 Å². The molecule has 0 atom stereocenters. The smallest absolute Gasteiger partial charge is 0.318 e. The van der Waals surface area contributed by atoms with Crippen LogP contribution >= 0.6 is 0 Å². The van der Waals surface area contributed by atoms with Crippen LogP contribution in [0.5, 0.6) is 0 Å². The van der Waals surface area contributed by atoms with Crippen LogP contribution in [0.25, 0.3) is 0 Å². The number of urea groups is 1. The lowest BCUT2D eigenvalue weighted by molar-refractivity contribution is -0.122. The fraction of sp³-hybridized carbons (Fsp3) is 0.818. The molecule has 1 aliphatic heterocycles. The molecule has 1 rings (SSSR count). The van der Waals surface area contributed by atoms with Crippen molar-refractivity contribution in [3.63, 3.8) is 0 Å². The molecular weight excluding hydrogens is 206 g/mol. The molecule has 1 aliphatic rings. The first-order valence-corrected chi connectivity index (χ1v) is 5.70. The van der Waals surface area contributed by atoms with E-state index in [9.17, 15) is 9.59 Å². The summed E-state index contributed by atoms with van der Waals surface area (Å²) in [6.07, 6.45) is 2.04. The summed E-state index contributed by atoms with van der Waals surface area (Å²) in [6.45, 7) is 6.91. The topological polar surface area (TPSA) is 75.4 Å². The molecule has 1 fully saturated rings. The summed E-state index contributed by atoms with van der Waals surface area (Å²) in [5.74, 6) is 0.152. The van der Waals surface area contributed by atoms with Gasteiger partial charge in [-0.05, 0) is 32.6 Å². The van der Waals surface area contributed by atoms with E-state index in [0.717, 1.165) is 25.9 Å². The third-order valence-electron chi connectivity index (χ3n) is 3.11. The molecular formula is C11H21N3O2. The van der Waals surface area contributed by atoms with Gasteiger partial charge in [-0.15, -0.1) is 0 Å². The number of nitrogens with zero attached hydrogens (tertiary/aromatic N) is 1. The van der Waals surface area contributed by atoms with Crippen molar-refractivity contribution in [1.29, 1.82) is 0 Å². The largest absolute Gasteiger partial charge is 0.368 e. The van der Waals surface area contributed by atoms with E-state index in [0.29, 0.717) is 5.92 Å². The zero-order chi connectivity index (χ0) is 12.3. The molecule has 92 valence electrons. The number of likely N-dealkylation sites (tertiary alicyclic amines) is 1. The van der Waals surface area contributed by atoms with Crippen LogP contribution in [0, 0.1) is 5.92 Å². The number of rotatable bonds is 2. The fourth-order valence-corrected chi connectivity index (χ4v) is 1.62. The van der Waals surface area contributed by atoms with Crippen molar-refractivity contribution in [2.45, 2.75) is 39.2 Å². The molecule has 0 bridgehead atoms. The van der Waals surface area contributed by atoms with Gasteiger partial charge in [-0.2, -0.15) is 0 Å². The molecule has 0 aromatic rings. The molecule has 3 amide bonds. The molecule has 0 spiro atoms. The number of amides is 3. The van der Waals surface area contributed by atoms with Gasteiger partial charge < -0.3 is 16.0 Å². The molecule has 5 nitrogen and oxygen atoms in total. The monoisotopic (exact) mass is 227 g/mol. The fourth-order valence-electron chi connectivity index (χ4n) is 1.62. The van der Waals surface area contributed by atoms with Crippen molar-refractivity contribution < 1.29 is 9.59 Å². The highest BCUT2D eigenvalue weighted by atomic mass is 16.2. The maximum atomic E-state index is 11.8. The van der Waals surface area contributed by atoms with Crippen LogP contribution in [-0.2, 0) is 4.79 Å². The molecule has 5 heteroatoms. The normalized spacial score (nSPS) is 18.3. The number of carbonyl (C=O) groups is 2. The third kappa shape index (κ3) is 3.12. The Morgan fingerprint density at radius 3 is 2.25 bits per heavy atom. The van der Waals surface area contributed by atoms with Crippen LogP contribution in [0.2, 0.25) is 0 Å². The first-order valence-electron chi connectivity index (χ1n) is 5.70. The lowest BCUT2D eigenvalue weighted by atomic mass is 9.99. The third-order valence-corrected chi connectivity index (χ3v) is 3.11. The van der Waals surface area contributed by atoms with Gasteiger partial charge in [0, 0.05) is 13.1 Å². The van der Waals surface area contributed by atoms with Gasteiger partial charge in [0.25, 0.3) is 0 Å². The first kappa shape index (κ1) is 12.8. The minimum Gasteiger partial charge on any atom is -0.368 e. The molecule has 0 aromatic heterocycles. The molecule has 3 N–H and O–H groups in total. The van der Waals surface area contributed by atoms with Crippen molar-refractivity contribution in [3.8, 4) is 0 Å². The minimum atomic E-state index is -0.986. The summed E-state index contributed by atoms with van der Waals surface area (Å²) in [7, 11) is 0. The Balaban J connectivity index is 2.50. The Bertz CT molecular complexity index is 281. The predicted octanol–water partition coefficient (Wildman–Crippen LogP) is 0.692. The quantitative estimate of drug-likeness (QED) is 0.728. The molecule has 16 heavy (non-hydrogen) atoms. The van der Waals surface area contributed by atoms with Gasteiger partial charge in [0.05, 0.1) is 0 Å². The van der Waals surface area contributed by atoms with Gasteiger partial charge in [0.1, 0.15) is 5.54 Å². The molecule has 0 unspecified atom stereocenters. The molecule has 1 saturated heterocycles. The summed E-state index contributed by atoms with van der Waals surface area (Å²) in [4.78, 5) is 24.7. The molecule has 0 radical (unpaired) electrons. The number of hydrogen-bond donors (Lipinski definition) is 2. The average molecular weight is 227 g/mol. The van der Waals surface area contributed by atoms with Crippen molar-refractivity contribution in [3.05, 3.63) is 0 Å². The average Bonchev–Trinajstić information content (AvgIpc) is 2.17. The Kier molecular flexibility index (Phi) is 3.78. The van der Waals surface area contributed by atoms with Gasteiger partial charge in [-0.3, -0.25) is 4.79 Å². The lowest BCUT2D eigenvalue weighted by Gasteiger charge is -2.33. The zero-order valence-corrected chi connectivity index (χ0v) is 10.2. The van der Waals surface area contributed by atoms with Gasteiger partial charge in [0.2, 0.25) is 5.91 Å². The highest BCUT2D eigenvalue weighted by Gasteiger charge is 2.30. The summed E-state index contributed by atoms with van der Waals surface area (Å²) >= 11 is 0. The van der Waals surface area contributed by atoms with Crippen LogP contribution in [0.1, 0.15) is 33.6 Å². The summed E-state index contributed by atoms with van der Waals surface area (Å²) in [6, 6.07) is -0.198. The van der Waals surface area contributed by atoms with Crippen LogP contribution in [0.4, 0.5) is 4.79 Å². The Hall–Kier alpha value is -1.26. The van der Waals surface area contributed by atoms with E-state index in [1.165, 1.54) is 0 Å². The standard InChI is InChI=1S/C11H21N3O2/c1-8-4-6-14(7-5-8)10(16)13-11(2,3)9(12)15/h8H,4-7H2,1-3H3,(H2,12,15)(H,13,16). The van der Waals surface area contributed by atoms with Crippen molar-refractivity contribution in [2.24, 2.45) is 11.7 Å². The van der Waals surface area contributed by atoms with E-state index in [-0.39, 0.29) is 6.03 Å². The lowest BCUT2D eigenvalue weighted by Crippen LogP contribution is -2.57. The van der Waals surface area contributed by atoms with Crippen molar-refractivity contribution in [1.82, 2.24) is 10.2 Å². The molecule has 0 saturated carbocycles. The van der Waals surface area contributed by atoms with Crippen LogP contribution in [-0.4, -0.2) is 35.5 Å². The number of nitrogens with two attached hydrogens (primary N) is 1. The number of carbonyl (C=O) groups excluding carboxylic acids is 2. The summed E-state index contributed by atoms with van der Waals surface area (Å²) < 4.78 is 0. The van der Waals surface area contributed by atoms with E-state index >= 15 is 0 Å².